The van der Waals surface area contributed by atoms with E-state index in [1.54, 1.807) is 12.1 Å². The summed E-state index contributed by atoms with van der Waals surface area (Å²) in [6.45, 7) is 0.405. The number of hydrazine groups is 1. The summed E-state index contributed by atoms with van der Waals surface area (Å²) in [6, 6.07) is 5.80. The standard InChI is InChI=1S/C16H21FN4O2/c17-11-5-3-4-10(8-11)13-12(9-19-21-13)14(22)20-16(15(18)23)6-1-2-7-16/h3-5,8,12-13,19,21H,1-2,6-7,9H2,(H2,18,23)(H,20,22). The summed E-state index contributed by atoms with van der Waals surface area (Å²) >= 11 is 0. The minimum atomic E-state index is -0.938. The fourth-order valence-corrected chi connectivity index (χ4v) is 3.50. The van der Waals surface area contributed by atoms with E-state index in [1.807, 2.05) is 0 Å². The van der Waals surface area contributed by atoms with Gasteiger partial charge in [0.15, 0.2) is 0 Å². The minimum absolute atomic E-state index is 0.238. The van der Waals surface area contributed by atoms with Crippen LogP contribution in [-0.2, 0) is 9.59 Å². The van der Waals surface area contributed by atoms with Gasteiger partial charge in [-0.2, -0.15) is 0 Å². The molecule has 2 amide bonds. The quantitative estimate of drug-likeness (QED) is 0.650. The fourth-order valence-electron chi connectivity index (χ4n) is 3.50. The molecular weight excluding hydrogens is 299 g/mol. The predicted octanol–water partition coefficient (Wildman–Crippen LogP) is 0.505. The molecule has 1 heterocycles. The van der Waals surface area contributed by atoms with Crippen LogP contribution in [0.2, 0.25) is 0 Å². The van der Waals surface area contributed by atoms with Gasteiger partial charge in [-0.25, -0.2) is 9.82 Å². The minimum Gasteiger partial charge on any atom is -0.368 e. The lowest BCUT2D eigenvalue weighted by Gasteiger charge is -2.29. The Morgan fingerprint density at radius 3 is 2.70 bits per heavy atom. The third-order valence-electron chi connectivity index (χ3n) is 4.82. The van der Waals surface area contributed by atoms with Crippen LogP contribution in [-0.4, -0.2) is 23.9 Å². The van der Waals surface area contributed by atoms with Crippen molar-refractivity contribution in [3.63, 3.8) is 0 Å². The van der Waals surface area contributed by atoms with Gasteiger partial charge in [-0.15, -0.1) is 0 Å². The monoisotopic (exact) mass is 320 g/mol. The zero-order valence-electron chi connectivity index (χ0n) is 12.8. The number of nitrogens with two attached hydrogens (primary N) is 1. The van der Waals surface area contributed by atoms with Gasteiger partial charge < -0.3 is 11.1 Å². The highest BCUT2D eigenvalue weighted by molar-refractivity contribution is 5.91. The predicted molar refractivity (Wildman–Crippen MR) is 82.3 cm³/mol. The van der Waals surface area contributed by atoms with E-state index in [-0.39, 0.29) is 17.8 Å². The molecule has 1 aromatic rings. The van der Waals surface area contributed by atoms with Crippen LogP contribution < -0.4 is 21.9 Å². The Kier molecular flexibility index (Phi) is 4.32. The molecule has 2 aliphatic rings. The second-order valence-electron chi connectivity index (χ2n) is 6.31. The normalized spacial score (nSPS) is 26.1. The molecule has 2 fully saturated rings. The number of nitrogens with one attached hydrogen (secondary N) is 3. The van der Waals surface area contributed by atoms with Gasteiger partial charge >= 0.3 is 0 Å². The van der Waals surface area contributed by atoms with Gasteiger partial charge in [0.2, 0.25) is 11.8 Å². The summed E-state index contributed by atoms with van der Waals surface area (Å²) < 4.78 is 13.4. The molecule has 23 heavy (non-hydrogen) atoms. The van der Waals surface area contributed by atoms with Gasteiger partial charge in [-0.05, 0) is 30.5 Å². The van der Waals surface area contributed by atoms with Crippen LogP contribution in [0.3, 0.4) is 0 Å². The Morgan fingerprint density at radius 2 is 2.04 bits per heavy atom. The maximum atomic E-state index is 13.4. The highest BCUT2D eigenvalue weighted by Gasteiger charge is 2.44. The molecule has 0 bridgehead atoms. The van der Waals surface area contributed by atoms with Crippen molar-refractivity contribution in [1.82, 2.24) is 16.2 Å². The first-order valence-electron chi connectivity index (χ1n) is 7.88. The number of primary amides is 1. The molecule has 0 spiro atoms. The molecule has 3 rings (SSSR count). The maximum Gasteiger partial charge on any atom is 0.243 e. The van der Waals surface area contributed by atoms with Crippen molar-refractivity contribution >= 4 is 11.8 Å². The third-order valence-corrected chi connectivity index (χ3v) is 4.82. The van der Waals surface area contributed by atoms with Crippen molar-refractivity contribution in [2.45, 2.75) is 37.3 Å². The number of hydrogen-bond acceptors (Lipinski definition) is 4. The zero-order valence-corrected chi connectivity index (χ0v) is 12.8. The van der Waals surface area contributed by atoms with E-state index in [4.69, 9.17) is 5.73 Å². The maximum absolute atomic E-state index is 13.4. The highest BCUT2D eigenvalue weighted by Crippen LogP contribution is 2.31. The van der Waals surface area contributed by atoms with Crippen molar-refractivity contribution in [3.05, 3.63) is 35.6 Å². The van der Waals surface area contributed by atoms with E-state index in [1.165, 1.54) is 12.1 Å². The second-order valence-corrected chi connectivity index (χ2v) is 6.31. The Bertz CT molecular complexity index is 616. The van der Waals surface area contributed by atoms with Crippen LogP contribution in [0, 0.1) is 11.7 Å². The van der Waals surface area contributed by atoms with E-state index in [9.17, 15) is 14.0 Å². The number of carbonyl (C=O) groups excluding carboxylic acids is 2. The number of halogens is 1. The molecule has 1 saturated carbocycles. The molecule has 0 radical (unpaired) electrons. The van der Waals surface area contributed by atoms with Crippen LogP contribution in [0.1, 0.15) is 37.3 Å². The Morgan fingerprint density at radius 1 is 1.30 bits per heavy atom. The largest absolute Gasteiger partial charge is 0.368 e. The van der Waals surface area contributed by atoms with Gasteiger partial charge in [-0.1, -0.05) is 25.0 Å². The molecular formula is C16H21FN4O2. The third kappa shape index (κ3) is 3.07. The van der Waals surface area contributed by atoms with E-state index >= 15 is 0 Å². The molecule has 1 aromatic carbocycles. The van der Waals surface area contributed by atoms with Crippen LogP contribution in [0.25, 0.3) is 0 Å². The number of benzene rings is 1. The van der Waals surface area contributed by atoms with Crippen molar-refractivity contribution in [2.24, 2.45) is 11.7 Å². The highest BCUT2D eigenvalue weighted by atomic mass is 19.1. The summed E-state index contributed by atoms with van der Waals surface area (Å²) in [6.07, 6.45) is 2.90. The first-order chi connectivity index (χ1) is 11.0. The van der Waals surface area contributed by atoms with Gasteiger partial charge in [0.1, 0.15) is 11.4 Å². The summed E-state index contributed by atoms with van der Waals surface area (Å²) in [5, 5.41) is 2.86. The Labute approximate surface area is 134 Å². The molecule has 124 valence electrons. The van der Waals surface area contributed by atoms with Gasteiger partial charge in [0, 0.05) is 6.54 Å². The van der Waals surface area contributed by atoms with E-state index in [0.717, 1.165) is 12.8 Å². The smallest absolute Gasteiger partial charge is 0.243 e. The zero-order chi connectivity index (χ0) is 16.4. The van der Waals surface area contributed by atoms with Crippen molar-refractivity contribution < 1.29 is 14.0 Å². The van der Waals surface area contributed by atoms with Gasteiger partial charge in [-0.3, -0.25) is 15.0 Å². The second kappa shape index (κ2) is 6.25. The fraction of sp³-hybridized carbons (Fsp3) is 0.500. The molecule has 6 nitrogen and oxygen atoms in total. The first kappa shape index (κ1) is 15.9. The van der Waals surface area contributed by atoms with Gasteiger partial charge in [0.25, 0.3) is 0 Å². The van der Waals surface area contributed by atoms with Crippen LogP contribution in [0.15, 0.2) is 24.3 Å². The van der Waals surface area contributed by atoms with E-state index < -0.39 is 17.4 Å². The van der Waals surface area contributed by atoms with Crippen molar-refractivity contribution in [3.8, 4) is 0 Å². The molecule has 5 N–H and O–H groups in total. The lowest BCUT2D eigenvalue weighted by Crippen LogP contribution is -2.57. The summed E-state index contributed by atoms with van der Waals surface area (Å²) in [5.41, 5.74) is 11.2. The topological polar surface area (TPSA) is 96.2 Å². The number of carbonyl (C=O) groups is 2. The summed E-state index contributed by atoms with van der Waals surface area (Å²) in [5.74, 6) is -1.50. The van der Waals surface area contributed by atoms with Crippen LogP contribution in [0.4, 0.5) is 4.39 Å². The molecule has 0 aromatic heterocycles. The molecule has 1 aliphatic carbocycles. The lowest BCUT2D eigenvalue weighted by molar-refractivity contribution is -0.133. The number of rotatable bonds is 4. The lowest BCUT2D eigenvalue weighted by atomic mass is 9.91. The number of hydrogen-bond donors (Lipinski definition) is 4. The van der Waals surface area contributed by atoms with Crippen LogP contribution in [0.5, 0.6) is 0 Å². The summed E-state index contributed by atoms with van der Waals surface area (Å²) in [7, 11) is 0. The van der Waals surface area contributed by atoms with Crippen molar-refractivity contribution in [2.75, 3.05) is 6.54 Å². The van der Waals surface area contributed by atoms with Crippen molar-refractivity contribution in [1.29, 1.82) is 0 Å². The van der Waals surface area contributed by atoms with E-state index in [2.05, 4.69) is 16.2 Å². The number of amides is 2. The SMILES string of the molecule is NC(=O)C1(NC(=O)C2CNNC2c2cccc(F)c2)CCCC1. The first-order valence-corrected chi connectivity index (χ1v) is 7.88. The summed E-state index contributed by atoms with van der Waals surface area (Å²) in [4.78, 5) is 24.5. The Hall–Kier alpha value is -1.99. The average molecular weight is 320 g/mol. The molecule has 2 atom stereocenters. The molecule has 2 unspecified atom stereocenters. The van der Waals surface area contributed by atoms with E-state index in [0.29, 0.717) is 24.9 Å². The average Bonchev–Trinajstić information content (AvgIpc) is 3.16. The van der Waals surface area contributed by atoms with Crippen LogP contribution >= 0.6 is 0 Å². The van der Waals surface area contributed by atoms with Gasteiger partial charge in [0.05, 0.1) is 12.0 Å². The molecule has 7 heteroatoms. The Balaban J connectivity index is 1.77. The molecule has 1 saturated heterocycles. The molecule has 1 aliphatic heterocycles.